The quantitative estimate of drug-likeness (QED) is 0.693. The molecule has 0 aliphatic carbocycles. The fraction of sp³-hybridized carbons (Fsp3) is 0.0667. The molecule has 0 atom stereocenters. The second-order valence-electron chi connectivity index (χ2n) is 4.36. The Kier molecular flexibility index (Phi) is 3.79. The van der Waals surface area contributed by atoms with Crippen molar-refractivity contribution < 1.29 is 4.79 Å². The number of aromatic nitrogens is 4. The van der Waals surface area contributed by atoms with E-state index in [0.717, 1.165) is 10.6 Å². The lowest BCUT2D eigenvalue weighted by molar-refractivity contribution is 0.101. The summed E-state index contributed by atoms with van der Waals surface area (Å²) in [5.74, 6) is 0.0248. The summed E-state index contributed by atoms with van der Waals surface area (Å²) in [4.78, 5) is 12.5. The Balaban J connectivity index is 1.98. The molecule has 1 aromatic heterocycles. The second kappa shape index (κ2) is 5.88. The molecule has 0 saturated heterocycles. The summed E-state index contributed by atoms with van der Waals surface area (Å²) in [6.07, 6.45) is 0. The van der Waals surface area contributed by atoms with Crippen LogP contribution in [0.25, 0.3) is 5.69 Å². The van der Waals surface area contributed by atoms with Gasteiger partial charge >= 0.3 is 0 Å². The van der Waals surface area contributed by atoms with E-state index in [2.05, 4.69) is 15.5 Å². The molecule has 3 rings (SSSR count). The van der Waals surface area contributed by atoms with Crippen molar-refractivity contribution in [1.29, 1.82) is 0 Å². The molecule has 5 nitrogen and oxygen atoms in total. The topological polar surface area (TPSA) is 60.7 Å². The van der Waals surface area contributed by atoms with E-state index < -0.39 is 0 Å². The lowest BCUT2D eigenvalue weighted by Gasteiger charge is -2.06. The van der Waals surface area contributed by atoms with Gasteiger partial charge in [-0.3, -0.25) is 4.79 Å². The zero-order valence-electron chi connectivity index (χ0n) is 11.3. The number of rotatable bonds is 4. The number of benzene rings is 2. The van der Waals surface area contributed by atoms with Gasteiger partial charge in [-0.25, -0.2) is 0 Å². The van der Waals surface area contributed by atoms with Crippen LogP contribution in [0.2, 0.25) is 0 Å². The van der Waals surface area contributed by atoms with Gasteiger partial charge in [0.2, 0.25) is 5.16 Å². The Morgan fingerprint density at radius 3 is 2.52 bits per heavy atom. The molecule has 3 aromatic rings. The Morgan fingerprint density at radius 1 is 1.05 bits per heavy atom. The summed E-state index contributed by atoms with van der Waals surface area (Å²) in [7, 11) is 0. The van der Waals surface area contributed by atoms with E-state index in [1.165, 1.54) is 11.8 Å². The first-order chi connectivity index (χ1) is 10.3. The molecule has 0 fully saturated rings. The molecular weight excluding hydrogens is 284 g/mol. The molecule has 0 radical (unpaired) electrons. The highest BCUT2D eigenvalue weighted by molar-refractivity contribution is 7.99. The van der Waals surface area contributed by atoms with Crippen LogP contribution in [0.4, 0.5) is 0 Å². The minimum atomic E-state index is 0.0248. The van der Waals surface area contributed by atoms with Gasteiger partial charge < -0.3 is 0 Å². The van der Waals surface area contributed by atoms with Crippen molar-refractivity contribution in [3.63, 3.8) is 0 Å². The number of para-hydroxylation sites is 1. The number of carbonyl (C=O) groups excluding carboxylic acids is 1. The Bertz CT molecular complexity index is 770. The normalized spacial score (nSPS) is 10.5. The van der Waals surface area contributed by atoms with Crippen LogP contribution in [0, 0.1) is 0 Å². The predicted molar refractivity (Wildman–Crippen MR) is 79.7 cm³/mol. The summed E-state index contributed by atoms with van der Waals surface area (Å²) in [6, 6.07) is 17.1. The van der Waals surface area contributed by atoms with E-state index in [1.807, 2.05) is 48.5 Å². The highest BCUT2D eigenvalue weighted by Gasteiger charge is 2.13. The molecule has 0 bridgehead atoms. The Hall–Kier alpha value is -2.47. The third kappa shape index (κ3) is 2.85. The van der Waals surface area contributed by atoms with Crippen molar-refractivity contribution in [2.45, 2.75) is 17.0 Å². The average Bonchev–Trinajstić information content (AvgIpc) is 2.96. The molecule has 0 saturated carbocycles. The maximum absolute atomic E-state index is 11.7. The molecule has 0 aliphatic heterocycles. The molecule has 6 heteroatoms. The van der Waals surface area contributed by atoms with Crippen LogP contribution in [0.5, 0.6) is 0 Å². The van der Waals surface area contributed by atoms with Crippen LogP contribution in [-0.2, 0) is 0 Å². The van der Waals surface area contributed by atoms with Crippen molar-refractivity contribution in [2.75, 3.05) is 0 Å². The molecule has 0 N–H and O–H groups in total. The van der Waals surface area contributed by atoms with Gasteiger partial charge in [0, 0.05) is 10.5 Å². The zero-order chi connectivity index (χ0) is 14.7. The highest BCUT2D eigenvalue weighted by atomic mass is 32.2. The van der Waals surface area contributed by atoms with Crippen LogP contribution in [0.1, 0.15) is 17.3 Å². The summed E-state index contributed by atoms with van der Waals surface area (Å²) in [5, 5.41) is 12.4. The van der Waals surface area contributed by atoms with Gasteiger partial charge in [-0.05, 0) is 47.3 Å². The number of nitrogens with zero attached hydrogens (tertiary/aromatic N) is 4. The first kappa shape index (κ1) is 13.5. The van der Waals surface area contributed by atoms with E-state index in [0.29, 0.717) is 10.7 Å². The fourth-order valence-corrected chi connectivity index (χ4v) is 2.89. The van der Waals surface area contributed by atoms with Gasteiger partial charge in [-0.15, -0.1) is 5.10 Å². The molecule has 2 aromatic carbocycles. The smallest absolute Gasteiger partial charge is 0.218 e. The predicted octanol–water partition coefficient (Wildman–Crippen LogP) is 3.02. The number of Topliss-reactive ketones (excluding diaryl/α,β-unsaturated/α-hetero) is 1. The molecule has 0 spiro atoms. The molecule has 0 unspecified atom stereocenters. The molecule has 21 heavy (non-hydrogen) atoms. The standard InChI is InChI=1S/C15H12N4OS/c1-11(20)13-9-5-6-10-14(13)21-15-16-17-18-19(15)12-7-3-2-4-8-12/h2-10H,1H3. The van der Waals surface area contributed by atoms with Crippen molar-refractivity contribution >= 4 is 17.5 Å². The highest BCUT2D eigenvalue weighted by Crippen LogP contribution is 2.29. The summed E-state index contributed by atoms with van der Waals surface area (Å²) in [6.45, 7) is 1.56. The van der Waals surface area contributed by atoms with Crippen LogP contribution in [-0.4, -0.2) is 26.0 Å². The summed E-state index contributed by atoms with van der Waals surface area (Å²) >= 11 is 1.38. The summed E-state index contributed by atoms with van der Waals surface area (Å²) in [5.41, 5.74) is 1.55. The van der Waals surface area contributed by atoms with Crippen LogP contribution >= 0.6 is 11.8 Å². The Morgan fingerprint density at radius 2 is 1.76 bits per heavy atom. The average molecular weight is 296 g/mol. The third-order valence-electron chi connectivity index (χ3n) is 2.91. The van der Waals surface area contributed by atoms with Crippen molar-refractivity contribution in [1.82, 2.24) is 20.2 Å². The van der Waals surface area contributed by atoms with Gasteiger partial charge in [0.15, 0.2) is 5.78 Å². The summed E-state index contributed by atoms with van der Waals surface area (Å²) < 4.78 is 1.65. The first-order valence-corrected chi connectivity index (χ1v) is 7.19. The number of hydrogen-bond acceptors (Lipinski definition) is 5. The van der Waals surface area contributed by atoms with Crippen LogP contribution in [0.3, 0.4) is 0 Å². The van der Waals surface area contributed by atoms with Crippen molar-refractivity contribution in [3.8, 4) is 5.69 Å². The van der Waals surface area contributed by atoms with Gasteiger partial charge in [-0.1, -0.05) is 36.4 Å². The maximum Gasteiger partial charge on any atom is 0.218 e. The lowest BCUT2D eigenvalue weighted by Crippen LogP contribution is -2.00. The van der Waals surface area contributed by atoms with E-state index in [9.17, 15) is 4.79 Å². The number of carbonyl (C=O) groups is 1. The van der Waals surface area contributed by atoms with E-state index in [4.69, 9.17) is 0 Å². The SMILES string of the molecule is CC(=O)c1ccccc1Sc1nnnn1-c1ccccc1. The van der Waals surface area contributed by atoms with Crippen LogP contribution < -0.4 is 0 Å². The van der Waals surface area contributed by atoms with E-state index in [-0.39, 0.29) is 5.78 Å². The van der Waals surface area contributed by atoms with Gasteiger partial charge in [-0.2, -0.15) is 4.68 Å². The number of tetrazole rings is 1. The number of hydrogen-bond donors (Lipinski definition) is 0. The van der Waals surface area contributed by atoms with Gasteiger partial charge in [0.25, 0.3) is 0 Å². The van der Waals surface area contributed by atoms with E-state index >= 15 is 0 Å². The monoisotopic (exact) mass is 296 g/mol. The largest absolute Gasteiger partial charge is 0.294 e. The second-order valence-corrected chi connectivity index (χ2v) is 5.37. The van der Waals surface area contributed by atoms with Crippen LogP contribution in [0.15, 0.2) is 64.6 Å². The Labute approximate surface area is 126 Å². The van der Waals surface area contributed by atoms with Crippen molar-refractivity contribution in [3.05, 3.63) is 60.2 Å². The fourth-order valence-electron chi connectivity index (χ4n) is 1.92. The van der Waals surface area contributed by atoms with Gasteiger partial charge in [0.05, 0.1) is 5.69 Å². The van der Waals surface area contributed by atoms with E-state index in [1.54, 1.807) is 17.7 Å². The van der Waals surface area contributed by atoms with Gasteiger partial charge in [0.1, 0.15) is 0 Å². The minimum Gasteiger partial charge on any atom is -0.294 e. The molecular formula is C15H12N4OS. The first-order valence-electron chi connectivity index (χ1n) is 6.37. The lowest BCUT2D eigenvalue weighted by atomic mass is 10.1. The molecule has 104 valence electrons. The molecule has 0 amide bonds. The minimum absolute atomic E-state index is 0.0248. The third-order valence-corrected chi connectivity index (χ3v) is 3.92. The molecule has 0 aliphatic rings. The molecule has 1 heterocycles. The maximum atomic E-state index is 11.7. The number of ketones is 1. The zero-order valence-corrected chi connectivity index (χ0v) is 12.1. The van der Waals surface area contributed by atoms with Crippen molar-refractivity contribution in [2.24, 2.45) is 0 Å².